The van der Waals surface area contributed by atoms with Crippen molar-refractivity contribution < 1.29 is 4.79 Å². The van der Waals surface area contributed by atoms with Gasteiger partial charge in [0, 0.05) is 57.2 Å². The standard InChI is InChI=1S/C23H30N4O/c28-23(19-25-13-15-26(16-14-25)21-7-3-1-4-8-21)24-17-20-11-12-27(18-20)22-9-5-2-6-10-22/h1-10,20H,11-19H2,(H,24,28)/t20-/m0/s1. The Morgan fingerprint density at radius 2 is 1.43 bits per heavy atom. The van der Waals surface area contributed by atoms with E-state index in [-0.39, 0.29) is 5.91 Å². The lowest BCUT2D eigenvalue weighted by Crippen LogP contribution is -2.49. The average Bonchev–Trinajstić information content (AvgIpc) is 3.23. The number of para-hydroxylation sites is 2. The molecule has 4 rings (SSSR count). The number of carbonyl (C=O) groups excluding carboxylic acids is 1. The van der Waals surface area contributed by atoms with E-state index in [0.717, 1.165) is 52.2 Å². The molecule has 0 saturated carbocycles. The molecule has 1 atom stereocenters. The molecule has 1 amide bonds. The molecular weight excluding hydrogens is 348 g/mol. The molecule has 2 aliphatic rings. The zero-order chi connectivity index (χ0) is 19.2. The van der Waals surface area contributed by atoms with Crippen LogP contribution in [0.25, 0.3) is 0 Å². The van der Waals surface area contributed by atoms with E-state index < -0.39 is 0 Å². The van der Waals surface area contributed by atoms with Crippen molar-refractivity contribution in [2.45, 2.75) is 6.42 Å². The first kappa shape index (κ1) is 18.8. The fourth-order valence-corrected chi connectivity index (χ4v) is 4.19. The van der Waals surface area contributed by atoms with Gasteiger partial charge in [-0.05, 0) is 36.6 Å². The summed E-state index contributed by atoms with van der Waals surface area (Å²) >= 11 is 0. The van der Waals surface area contributed by atoms with E-state index in [4.69, 9.17) is 0 Å². The fourth-order valence-electron chi connectivity index (χ4n) is 4.19. The highest BCUT2D eigenvalue weighted by Gasteiger charge is 2.24. The van der Waals surface area contributed by atoms with Gasteiger partial charge in [-0.2, -0.15) is 0 Å². The SMILES string of the molecule is O=C(CN1CCN(c2ccccc2)CC1)NC[C@@H]1CCN(c2ccccc2)C1. The number of benzene rings is 2. The van der Waals surface area contributed by atoms with E-state index in [0.29, 0.717) is 12.5 Å². The number of amides is 1. The summed E-state index contributed by atoms with van der Waals surface area (Å²) in [7, 11) is 0. The summed E-state index contributed by atoms with van der Waals surface area (Å²) < 4.78 is 0. The molecule has 1 N–H and O–H groups in total. The molecule has 28 heavy (non-hydrogen) atoms. The summed E-state index contributed by atoms with van der Waals surface area (Å²) in [6.45, 7) is 7.23. The topological polar surface area (TPSA) is 38.8 Å². The van der Waals surface area contributed by atoms with Crippen LogP contribution in [0.5, 0.6) is 0 Å². The Hall–Kier alpha value is -2.53. The molecule has 5 heteroatoms. The summed E-state index contributed by atoms with van der Waals surface area (Å²) in [5, 5.41) is 3.17. The molecule has 2 heterocycles. The second-order valence-corrected chi connectivity index (χ2v) is 7.84. The maximum atomic E-state index is 12.4. The van der Waals surface area contributed by atoms with Gasteiger partial charge in [0.05, 0.1) is 6.54 Å². The third-order valence-corrected chi connectivity index (χ3v) is 5.86. The predicted molar refractivity (Wildman–Crippen MR) is 115 cm³/mol. The summed E-state index contributed by atoms with van der Waals surface area (Å²) in [4.78, 5) is 19.5. The first-order valence-electron chi connectivity index (χ1n) is 10.4. The number of hydrogen-bond donors (Lipinski definition) is 1. The highest BCUT2D eigenvalue weighted by molar-refractivity contribution is 5.78. The van der Waals surface area contributed by atoms with Gasteiger partial charge in [-0.3, -0.25) is 9.69 Å². The third-order valence-electron chi connectivity index (χ3n) is 5.86. The smallest absolute Gasteiger partial charge is 0.234 e. The Morgan fingerprint density at radius 3 is 2.07 bits per heavy atom. The third kappa shape index (κ3) is 4.84. The van der Waals surface area contributed by atoms with Crippen molar-refractivity contribution in [2.75, 3.05) is 62.2 Å². The van der Waals surface area contributed by atoms with E-state index in [1.807, 2.05) is 6.07 Å². The molecule has 0 spiro atoms. The molecule has 2 aromatic rings. The summed E-state index contributed by atoms with van der Waals surface area (Å²) in [5.41, 5.74) is 2.56. The lowest BCUT2D eigenvalue weighted by atomic mass is 10.1. The molecular formula is C23H30N4O. The van der Waals surface area contributed by atoms with Crippen molar-refractivity contribution in [3.05, 3.63) is 60.7 Å². The second kappa shape index (κ2) is 9.11. The van der Waals surface area contributed by atoms with Crippen molar-refractivity contribution in [1.82, 2.24) is 10.2 Å². The molecule has 0 aliphatic carbocycles. The highest BCUT2D eigenvalue weighted by atomic mass is 16.2. The molecule has 2 saturated heterocycles. The number of piperazine rings is 1. The van der Waals surface area contributed by atoms with Crippen LogP contribution in [0.4, 0.5) is 11.4 Å². The van der Waals surface area contributed by atoms with Crippen LogP contribution in [0.15, 0.2) is 60.7 Å². The van der Waals surface area contributed by atoms with Gasteiger partial charge in [-0.1, -0.05) is 36.4 Å². The van der Waals surface area contributed by atoms with E-state index in [1.54, 1.807) is 0 Å². The number of nitrogens with zero attached hydrogens (tertiary/aromatic N) is 3. The molecule has 0 bridgehead atoms. The van der Waals surface area contributed by atoms with Crippen LogP contribution in [-0.2, 0) is 4.79 Å². The zero-order valence-corrected chi connectivity index (χ0v) is 16.5. The van der Waals surface area contributed by atoms with Crippen molar-refractivity contribution in [3.8, 4) is 0 Å². The minimum absolute atomic E-state index is 0.159. The van der Waals surface area contributed by atoms with Crippen LogP contribution in [0.3, 0.4) is 0 Å². The lowest BCUT2D eigenvalue weighted by Gasteiger charge is -2.35. The van der Waals surface area contributed by atoms with Crippen molar-refractivity contribution in [1.29, 1.82) is 0 Å². The summed E-state index contributed by atoms with van der Waals surface area (Å²) in [5.74, 6) is 0.699. The minimum atomic E-state index is 0.159. The van der Waals surface area contributed by atoms with Crippen LogP contribution >= 0.6 is 0 Å². The Labute approximate surface area is 167 Å². The molecule has 2 fully saturated rings. The van der Waals surface area contributed by atoms with E-state index >= 15 is 0 Å². The Kier molecular flexibility index (Phi) is 6.12. The van der Waals surface area contributed by atoms with E-state index in [1.165, 1.54) is 11.4 Å². The first-order valence-corrected chi connectivity index (χ1v) is 10.4. The Balaban J connectivity index is 1.16. The van der Waals surface area contributed by atoms with Crippen LogP contribution in [0, 0.1) is 5.92 Å². The number of rotatable bonds is 6. The average molecular weight is 379 g/mol. The number of carbonyl (C=O) groups is 1. The minimum Gasteiger partial charge on any atom is -0.371 e. The Morgan fingerprint density at radius 1 is 0.821 bits per heavy atom. The van der Waals surface area contributed by atoms with Crippen molar-refractivity contribution in [3.63, 3.8) is 0 Å². The van der Waals surface area contributed by atoms with Crippen LogP contribution in [0.1, 0.15) is 6.42 Å². The van der Waals surface area contributed by atoms with Gasteiger partial charge in [-0.15, -0.1) is 0 Å². The van der Waals surface area contributed by atoms with E-state index in [2.05, 4.69) is 74.6 Å². The van der Waals surface area contributed by atoms with Gasteiger partial charge in [0.25, 0.3) is 0 Å². The van der Waals surface area contributed by atoms with Crippen LogP contribution in [0.2, 0.25) is 0 Å². The van der Waals surface area contributed by atoms with Gasteiger partial charge >= 0.3 is 0 Å². The lowest BCUT2D eigenvalue weighted by molar-refractivity contribution is -0.122. The van der Waals surface area contributed by atoms with Gasteiger partial charge in [-0.25, -0.2) is 0 Å². The normalized spacial score (nSPS) is 20.4. The highest BCUT2D eigenvalue weighted by Crippen LogP contribution is 2.23. The summed E-state index contributed by atoms with van der Waals surface area (Å²) in [6, 6.07) is 21.1. The maximum Gasteiger partial charge on any atom is 0.234 e. The molecule has 0 radical (unpaired) electrons. The van der Waals surface area contributed by atoms with Gasteiger partial charge < -0.3 is 15.1 Å². The molecule has 2 aliphatic heterocycles. The zero-order valence-electron chi connectivity index (χ0n) is 16.5. The predicted octanol–water partition coefficient (Wildman–Crippen LogP) is 2.45. The number of nitrogens with one attached hydrogen (secondary N) is 1. The second-order valence-electron chi connectivity index (χ2n) is 7.84. The van der Waals surface area contributed by atoms with Crippen molar-refractivity contribution in [2.24, 2.45) is 5.92 Å². The molecule has 5 nitrogen and oxygen atoms in total. The fraction of sp³-hybridized carbons (Fsp3) is 0.435. The molecule has 0 unspecified atom stereocenters. The molecule has 0 aromatic heterocycles. The largest absolute Gasteiger partial charge is 0.371 e. The van der Waals surface area contributed by atoms with Crippen LogP contribution in [-0.4, -0.2) is 63.2 Å². The Bertz CT molecular complexity index is 744. The molecule has 2 aromatic carbocycles. The van der Waals surface area contributed by atoms with Crippen molar-refractivity contribution >= 4 is 17.3 Å². The maximum absolute atomic E-state index is 12.4. The summed E-state index contributed by atoms with van der Waals surface area (Å²) in [6.07, 6.45) is 1.14. The van der Waals surface area contributed by atoms with E-state index in [9.17, 15) is 4.79 Å². The van der Waals surface area contributed by atoms with Gasteiger partial charge in [0.2, 0.25) is 5.91 Å². The number of anilines is 2. The quantitative estimate of drug-likeness (QED) is 0.838. The monoisotopic (exact) mass is 378 g/mol. The van der Waals surface area contributed by atoms with Gasteiger partial charge in [0.1, 0.15) is 0 Å². The molecule has 148 valence electrons. The van der Waals surface area contributed by atoms with Crippen LogP contribution < -0.4 is 15.1 Å². The number of hydrogen-bond acceptors (Lipinski definition) is 4. The van der Waals surface area contributed by atoms with Gasteiger partial charge in [0.15, 0.2) is 0 Å². The first-order chi connectivity index (χ1) is 13.8.